The second kappa shape index (κ2) is 5.95. The molecule has 0 unspecified atom stereocenters. The van der Waals surface area contributed by atoms with Crippen LogP contribution in [-0.4, -0.2) is 40.0 Å². The van der Waals surface area contributed by atoms with E-state index in [4.69, 9.17) is 5.11 Å². The molecule has 1 saturated heterocycles. The van der Waals surface area contributed by atoms with Gasteiger partial charge in [0.15, 0.2) is 0 Å². The molecule has 98 valence electrons. The van der Waals surface area contributed by atoms with Crippen LogP contribution in [0.4, 0.5) is 0 Å². The van der Waals surface area contributed by atoms with Gasteiger partial charge in [-0.15, -0.1) is 11.3 Å². The van der Waals surface area contributed by atoms with Gasteiger partial charge in [0.2, 0.25) is 5.91 Å². The summed E-state index contributed by atoms with van der Waals surface area (Å²) in [7, 11) is 0. The van der Waals surface area contributed by atoms with Crippen molar-refractivity contribution in [1.29, 1.82) is 0 Å². The second-order valence-corrected chi connectivity index (χ2v) is 5.42. The van der Waals surface area contributed by atoms with Gasteiger partial charge in [-0.3, -0.25) is 9.59 Å². The third-order valence-electron chi connectivity index (χ3n) is 3.16. The number of thiazole rings is 1. The Morgan fingerprint density at radius 2 is 2.39 bits per heavy atom. The highest BCUT2D eigenvalue weighted by molar-refractivity contribution is 7.09. The predicted molar refractivity (Wildman–Crippen MR) is 67.4 cm³/mol. The third-order valence-corrected chi connectivity index (χ3v) is 4.00. The van der Waals surface area contributed by atoms with Gasteiger partial charge >= 0.3 is 5.97 Å². The van der Waals surface area contributed by atoms with Gasteiger partial charge in [-0.05, 0) is 12.8 Å². The van der Waals surface area contributed by atoms with Crippen molar-refractivity contribution in [1.82, 2.24) is 9.88 Å². The minimum atomic E-state index is -0.799. The fourth-order valence-corrected chi connectivity index (χ4v) is 2.77. The van der Waals surface area contributed by atoms with Crippen LogP contribution in [0.2, 0.25) is 0 Å². The lowest BCUT2D eigenvalue weighted by Gasteiger charge is -2.30. The SMILES string of the molecule is O=C(O)[C@H]1CCCN(C(=O)CCc2nccs2)C1. The molecule has 1 aliphatic heterocycles. The molecule has 1 aliphatic rings. The van der Waals surface area contributed by atoms with E-state index in [2.05, 4.69) is 4.98 Å². The largest absolute Gasteiger partial charge is 0.481 e. The number of aliphatic carboxylic acids is 1. The van der Waals surface area contributed by atoms with Crippen molar-refractivity contribution in [2.24, 2.45) is 5.92 Å². The van der Waals surface area contributed by atoms with Gasteiger partial charge in [0, 0.05) is 37.5 Å². The number of carbonyl (C=O) groups excluding carboxylic acids is 1. The van der Waals surface area contributed by atoms with Crippen molar-refractivity contribution in [3.8, 4) is 0 Å². The van der Waals surface area contributed by atoms with Gasteiger partial charge in [-0.1, -0.05) is 0 Å². The zero-order valence-electron chi connectivity index (χ0n) is 10.0. The number of aromatic nitrogens is 1. The summed E-state index contributed by atoms with van der Waals surface area (Å²) < 4.78 is 0. The number of nitrogens with zero attached hydrogens (tertiary/aromatic N) is 2. The number of piperidine rings is 1. The normalized spacial score (nSPS) is 19.8. The Kier molecular flexibility index (Phi) is 4.30. The monoisotopic (exact) mass is 268 g/mol. The van der Waals surface area contributed by atoms with E-state index < -0.39 is 11.9 Å². The number of likely N-dealkylation sites (tertiary alicyclic amines) is 1. The maximum Gasteiger partial charge on any atom is 0.308 e. The first-order valence-electron chi connectivity index (χ1n) is 6.06. The van der Waals surface area contributed by atoms with Crippen LogP contribution in [0.25, 0.3) is 0 Å². The van der Waals surface area contributed by atoms with Crippen LogP contribution in [0.15, 0.2) is 11.6 Å². The molecule has 18 heavy (non-hydrogen) atoms. The summed E-state index contributed by atoms with van der Waals surface area (Å²) in [6, 6.07) is 0. The van der Waals surface area contributed by atoms with E-state index in [1.807, 2.05) is 5.38 Å². The van der Waals surface area contributed by atoms with Crippen LogP contribution in [0.5, 0.6) is 0 Å². The Bertz CT molecular complexity index is 419. The van der Waals surface area contributed by atoms with E-state index in [1.54, 1.807) is 22.4 Å². The molecule has 2 rings (SSSR count). The van der Waals surface area contributed by atoms with E-state index in [-0.39, 0.29) is 5.91 Å². The molecule has 1 fully saturated rings. The number of carboxylic acids is 1. The Balaban J connectivity index is 1.83. The van der Waals surface area contributed by atoms with Crippen molar-refractivity contribution in [2.45, 2.75) is 25.7 Å². The molecule has 0 spiro atoms. The molecule has 5 nitrogen and oxygen atoms in total. The highest BCUT2D eigenvalue weighted by Crippen LogP contribution is 2.18. The average molecular weight is 268 g/mol. The van der Waals surface area contributed by atoms with Crippen molar-refractivity contribution in [2.75, 3.05) is 13.1 Å². The zero-order valence-corrected chi connectivity index (χ0v) is 10.9. The number of hydrogen-bond acceptors (Lipinski definition) is 4. The van der Waals surface area contributed by atoms with Crippen LogP contribution in [0.3, 0.4) is 0 Å². The van der Waals surface area contributed by atoms with Gasteiger partial charge in [-0.25, -0.2) is 4.98 Å². The van der Waals surface area contributed by atoms with Crippen LogP contribution in [0.1, 0.15) is 24.3 Å². The van der Waals surface area contributed by atoms with E-state index >= 15 is 0 Å². The number of hydrogen-bond donors (Lipinski definition) is 1. The molecule has 0 aromatic carbocycles. The molecule has 1 aromatic rings. The molecule has 0 aliphatic carbocycles. The Hall–Kier alpha value is -1.43. The molecule has 1 amide bonds. The summed E-state index contributed by atoms with van der Waals surface area (Å²) in [5, 5.41) is 11.8. The quantitative estimate of drug-likeness (QED) is 0.896. The summed E-state index contributed by atoms with van der Waals surface area (Å²) in [4.78, 5) is 28.7. The molecule has 0 radical (unpaired) electrons. The van der Waals surface area contributed by atoms with Crippen LogP contribution in [-0.2, 0) is 16.0 Å². The fraction of sp³-hybridized carbons (Fsp3) is 0.583. The van der Waals surface area contributed by atoms with Gasteiger partial charge < -0.3 is 10.0 Å². The van der Waals surface area contributed by atoms with Gasteiger partial charge in [-0.2, -0.15) is 0 Å². The summed E-state index contributed by atoms with van der Waals surface area (Å²) in [6.45, 7) is 1.03. The van der Waals surface area contributed by atoms with Crippen molar-refractivity contribution in [3.63, 3.8) is 0 Å². The molecule has 1 N–H and O–H groups in total. The van der Waals surface area contributed by atoms with Gasteiger partial charge in [0.25, 0.3) is 0 Å². The Morgan fingerprint density at radius 3 is 3.06 bits per heavy atom. The lowest BCUT2D eigenvalue weighted by molar-refractivity contribution is -0.145. The first-order valence-corrected chi connectivity index (χ1v) is 6.93. The molecular formula is C12H16N2O3S. The minimum absolute atomic E-state index is 0.0381. The van der Waals surface area contributed by atoms with Gasteiger partial charge in [0.05, 0.1) is 10.9 Å². The van der Waals surface area contributed by atoms with E-state index in [9.17, 15) is 9.59 Å². The molecular weight excluding hydrogens is 252 g/mol. The van der Waals surface area contributed by atoms with Crippen molar-refractivity contribution >= 4 is 23.2 Å². The number of carbonyl (C=O) groups is 2. The topological polar surface area (TPSA) is 70.5 Å². The second-order valence-electron chi connectivity index (χ2n) is 4.44. The smallest absolute Gasteiger partial charge is 0.308 e. The first kappa shape index (κ1) is 13.0. The highest BCUT2D eigenvalue weighted by Gasteiger charge is 2.27. The summed E-state index contributed by atoms with van der Waals surface area (Å²) >= 11 is 1.54. The molecule has 2 heterocycles. The van der Waals surface area contributed by atoms with E-state index in [1.165, 1.54) is 0 Å². The summed E-state index contributed by atoms with van der Waals surface area (Å²) in [5.74, 6) is -1.16. The maximum atomic E-state index is 12.0. The lowest BCUT2D eigenvalue weighted by atomic mass is 9.98. The van der Waals surface area contributed by atoms with Gasteiger partial charge in [0.1, 0.15) is 0 Å². The van der Waals surface area contributed by atoms with Crippen LogP contribution in [0, 0.1) is 5.92 Å². The average Bonchev–Trinajstić information content (AvgIpc) is 2.89. The summed E-state index contributed by atoms with van der Waals surface area (Å²) in [5.41, 5.74) is 0. The predicted octanol–water partition coefficient (Wildman–Crippen LogP) is 1.40. The number of carboxylic acid groups (broad SMARTS) is 1. The van der Waals surface area contributed by atoms with E-state index in [0.29, 0.717) is 32.4 Å². The number of rotatable bonds is 4. The Labute approximate surface area is 109 Å². The molecule has 0 saturated carbocycles. The minimum Gasteiger partial charge on any atom is -0.481 e. The third kappa shape index (κ3) is 3.29. The standard InChI is InChI=1S/C12H16N2O3S/c15-11(4-3-10-13-5-7-18-10)14-6-1-2-9(8-14)12(16)17/h5,7,9H,1-4,6,8H2,(H,16,17)/t9-/m0/s1. The number of amides is 1. The van der Waals surface area contributed by atoms with Crippen LogP contribution < -0.4 is 0 Å². The molecule has 1 aromatic heterocycles. The molecule has 0 bridgehead atoms. The first-order chi connectivity index (χ1) is 8.66. The maximum absolute atomic E-state index is 12.0. The van der Waals surface area contributed by atoms with E-state index in [0.717, 1.165) is 11.4 Å². The van der Waals surface area contributed by atoms with Crippen molar-refractivity contribution in [3.05, 3.63) is 16.6 Å². The molecule has 6 heteroatoms. The molecule has 1 atom stereocenters. The zero-order chi connectivity index (χ0) is 13.0. The number of aryl methyl sites for hydroxylation is 1. The highest BCUT2D eigenvalue weighted by atomic mass is 32.1. The lowest BCUT2D eigenvalue weighted by Crippen LogP contribution is -2.42. The Morgan fingerprint density at radius 1 is 1.56 bits per heavy atom. The summed E-state index contributed by atoms with van der Waals surface area (Å²) in [6.07, 6.45) is 4.24. The van der Waals surface area contributed by atoms with Crippen LogP contribution >= 0.6 is 11.3 Å². The fourth-order valence-electron chi connectivity index (χ4n) is 2.15. The van der Waals surface area contributed by atoms with Crippen molar-refractivity contribution < 1.29 is 14.7 Å².